The number of nitro groups is 1. The Morgan fingerprint density at radius 1 is 1.47 bits per heavy atom. The minimum absolute atomic E-state index is 0.0459. The summed E-state index contributed by atoms with van der Waals surface area (Å²) in [4.78, 5) is 10.3. The van der Waals surface area contributed by atoms with Crippen molar-refractivity contribution >= 4 is 11.8 Å². The molecule has 0 aliphatic carbocycles. The molecule has 0 radical (unpaired) electrons. The van der Waals surface area contributed by atoms with Crippen molar-refractivity contribution in [2.45, 2.75) is 0 Å². The molecule has 0 aromatic heterocycles. The summed E-state index contributed by atoms with van der Waals surface area (Å²) in [5.41, 5.74) is 2.85. The lowest BCUT2D eigenvalue weighted by Gasteiger charge is -1.99. The van der Waals surface area contributed by atoms with Gasteiger partial charge in [-0.1, -0.05) is 6.58 Å². The van der Waals surface area contributed by atoms with Crippen LogP contribution in [0.25, 0.3) is 6.08 Å². The molecule has 0 fully saturated rings. The maximum absolute atomic E-state index is 10.7. The van der Waals surface area contributed by atoms with Gasteiger partial charge in [0, 0.05) is 0 Å². The zero-order valence-corrected chi connectivity index (χ0v) is 7.73. The van der Waals surface area contributed by atoms with Gasteiger partial charge in [0.15, 0.2) is 11.5 Å². The number of nitro benzene ring substituents is 1. The van der Waals surface area contributed by atoms with Crippen molar-refractivity contribution in [2.75, 3.05) is 6.79 Å². The van der Waals surface area contributed by atoms with Gasteiger partial charge in [0.2, 0.25) is 6.79 Å². The third kappa shape index (κ3) is 1.56. The lowest BCUT2D eigenvalue weighted by molar-refractivity contribution is -0.385. The molecule has 1 aromatic carbocycles. The second kappa shape index (κ2) is 3.48. The summed E-state index contributed by atoms with van der Waals surface area (Å²) < 4.78 is 10.2. The maximum atomic E-state index is 10.7. The SMILES string of the molecule is C=C=Cc1cc2c(cc1[N+](=O)[O-])OCO2. The van der Waals surface area contributed by atoms with Crippen LogP contribution < -0.4 is 9.47 Å². The molecule has 0 amide bonds. The normalized spacial score (nSPS) is 12.0. The van der Waals surface area contributed by atoms with E-state index in [0.29, 0.717) is 17.1 Å². The van der Waals surface area contributed by atoms with E-state index in [2.05, 4.69) is 12.3 Å². The molecule has 5 nitrogen and oxygen atoms in total. The quantitative estimate of drug-likeness (QED) is 0.421. The minimum atomic E-state index is -0.481. The van der Waals surface area contributed by atoms with Gasteiger partial charge in [-0.3, -0.25) is 10.1 Å². The lowest BCUT2D eigenvalue weighted by atomic mass is 10.1. The van der Waals surface area contributed by atoms with Crippen LogP contribution >= 0.6 is 0 Å². The van der Waals surface area contributed by atoms with E-state index in [1.165, 1.54) is 12.1 Å². The standard InChI is InChI=1S/C10H7NO4/c1-2-3-7-4-9-10(15-6-14-9)5-8(7)11(12)13/h3-5H,1,6H2. The Bertz CT molecular complexity index is 446. The molecule has 1 heterocycles. The lowest BCUT2D eigenvalue weighted by Crippen LogP contribution is -1.93. The molecule has 0 saturated heterocycles. The van der Waals surface area contributed by atoms with Crippen molar-refractivity contribution in [3.8, 4) is 11.5 Å². The highest BCUT2D eigenvalue weighted by molar-refractivity contribution is 5.66. The fourth-order valence-electron chi connectivity index (χ4n) is 1.33. The summed E-state index contributed by atoms with van der Waals surface area (Å²) in [6, 6.07) is 2.88. The molecule has 0 unspecified atom stereocenters. The molecule has 5 heteroatoms. The summed E-state index contributed by atoms with van der Waals surface area (Å²) in [7, 11) is 0. The molecule has 0 spiro atoms. The third-order valence-electron chi connectivity index (χ3n) is 1.98. The molecule has 0 N–H and O–H groups in total. The number of nitrogens with zero attached hydrogens (tertiary/aromatic N) is 1. The van der Waals surface area contributed by atoms with Crippen LogP contribution in [-0.2, 0) is 0 Å². The summed E-state index contributed by atoms with van der Waals surface area (Å²) in [5, 5.41) is 10.7. The van der Waals surface area contributed by atoms with E-state index >= 15 is 0 Å². The van der Waals surface area contributed by atoms with Gasteiger partial charge in [0.1, 0.15) is 0 Å². The first-order valence-electron chi connectivity index (χ1n) is 4.16. The number of ether oxygens (including phenoxy) is 2. The van der Waals surface area contributed by atoms with Crippen LogP contribution in [-0.4, -0.2) is 11.7 Å². The average molecular weight is 205 g/mol. The van der Waals surface area contributed by atoms with Gasteiger partial charge >= 0.3 is 0 Å². The Kier molecular flexibility index (Phi) is 2.15. The van der Waals surface area contributed by atoms with Crippen molar-refractivity contribution in [1.29, 1.82) is 0 Å². The van der Waals surface area contributed by atoms with Crippen molar-refractivity contribution in [2.24, 2.45) is 0 Å². The van der Waals surface area contributed by atoms with E-state index in [4.69, 9.17) is 9.47 Å². The second-order valence-corrected chi connectivity index (χ2v) is 2.87. The fourth-order valence-corrected chi connectivity index (χ4v) is 1.33. The monoisotopic (exact) mass is 205 g/mol. The van der Waals surface area contributed by atoms with Crippen LogP contribution in [0.3, 0.4) is 0 Å². The molecule has 0 atom stereocenters. The van der Waals surface area contributed by atoms with E-state index in [1.807, 2.05) is 0 Å². The van der Waals surface area contributed by atoms with Gasteiger partial charge in [-0.15, -0.1) is 5.73 Å². The van der Waals surface area contributed by atoms with Gasteiger partial charge in [-0.05, 0) is 12.1 Å². The first-order chi connectivity index (χ1) is 7.22. The highest BCUT2D eigenvalue weighted by atomic mass is 16.7. The number of benzene rings is 1. The van der Waals surface area contributed by atoms with E-state index in [0.717, 1.165) is 0 Å². The molecule has 0 saturated carbocycles. The first-order valence-corrected chi connectivity index (χ1v) is 4.16. The molecule has 0 bridgehead atoms. The summed E-state index contributed by atoms with van der Waals surface area (Å²) in [6.45, 7) is 3.47. The first kappa shape index (κ1) is 9.30. The van der Waals surface area contributed by atoms with E-state index in [1.54, 1.807) is 6.07 Å². The number of rotatable bonds is 2. The van der Waals surface area contributed by atoms with E-state index < -0.39 is 4.92 Å². The second-order valence-electron chi connectivity index (χ2n) is 2.87. The average Bonchev–Trinajstić information content (AvgIpc) is 2.63. The summed E-state index contributed by atoms with van der Waals surface area (Å²) in [5.74, 6) is 0.894. The zero-order chi connectivity index (χ0) is 10.8. The summed E-state index contributed by atoms with van der Waals surface area (Å²) in [6.07, 6.45) is 1.43. The maximum Gasteiger partial charge on any atom is 0.281 e. The van der Waals surface area contributed by atoms with Gasteiger partial charge in [-0.2, -0.15) is 0 Å². The number of hydrogen-bond donors (Lipinski definition) is 0. The fraction of sp³-hybridized carbons (Fsp3) is 0.100. The molecule has 2 rings (SSSR count). The van der Waals surface area contributed by atoms with Crippen molar-refractivity contribution in [3.05, 3.63) is 40.1 Å². The van der Waals surface area contributed by atoms with Crippen LogP contribution in [0.15, 0.2) is 24.4 Å². The predicted molar refractivity (Wildman–Crippen MR) is 52.8 cm³/mol. The van der Waals surface area contributed by atoms with Crippen molar-refractivity contribution in [3.63, 3.8) is 0 Å². The van der Waals surface area contributed by atoms with Crippen molar-refractivity contribution < 1.29 is 14.4 Å². The van der Waals surface area contributed by atoms with Gasteiger partial charge in [-0.25, -0.2) is 0 Å². The van der Waals surface area contributed by atoms with Crippen LogP contribution in [0, 0.1) is 10.1 Å². The molecule has 1 aliphatic rings. The molecule has 1 aromatic rings. The Morgan fingerprint density at radius 3 is 2.73 bits per heavy atom. The van der Waals surface area contributed by atoms with Crippen LogP contribution in [0.4, 0.5) is 5.69 Å². The topological polar surface area (TPSA) is 61.6 Å². The zero-order valence-electron chi connectivity index (χ0n) is 7.73. The Balaban J connectivity index is 2.61. The van der Waals surface area contributed by atoms with E-state index in [9.17, 15) is 10.1 Å². The predicted octanol–water partition coefficient (Wildman–Crippen LogP) is 2.12. The number of fused-ring (bicyclic) bond motifs is 1. The molecule has 15 heavy (non-hydrogen) atoms. The highest BCUT2D eigenvalue weighted by Gasteiger charge is 2.21. The van der Waals surface area contributed by atoms with Gasteiger partial charge < -0.3 is 9.47 Å². The largest absolute Gasteiger partial charge is 0.454 e. The van der Waals surface area contributed by atoms with Gasteiger partial charge in [0.25, 0.3) is 5.69 Å². The molecule has 1 aliphatic heterocycles. The van der Waals surface area contributed by atoms with Crippen LogP contribution in [0.5, 0.6) is 11.5 Å². The Labute approximate surface area is 85.4 Å². The number of hydrogen-bond acceptors (Lipinski definition) is 4. The van der Waals surface area contributed by atoms with E-state index in [-0.39, 0.29) is 12.5 Å². The van der Waals surface area contributed by atoms with Crippen LogP contribution in [0.1, 0.15) is 5.56 Å². The summed E-state index contributed by atoms with van der Waals surface area (Å²) >= 11 is 0. The molecular weight excluding hydrogens is 198 g/mol. The molecule has 76 valence electrons. The van der Waals surface area contributed by atoms with Crippen molar-refractivity contribution in [1.82, 2.24) is 0 Å². The van der Waals surface area contributed by atoms with Gasteiger partial charge in [0.05, 0.1) is 16.6 Å². The smallest absolute Gasteiger partial charge is 0.281 e. The highest BCUT2D eigenvalue weighted by Crippen LogP contribution is 2.38. The minimum Gasteiger partial charge on any atom is -0.454 e. The van der Waals surface area contributed by atoms with Crippen LogP contribution in [0.2, 0.25) is 0 Å². The Morgan fingerprint density at radius 2 is 2.13 bits per heavy atom. The third-order valence-corrected chi connectivity index (χ3v) is 1.98. The molecular formula is C10H7NO4. The Hall–Kier alpha value is -2.26.